The third-order valence-corrected chi connectivity index (χ3v) is 4.52. The van der Waals surface area contributed by atoms with Gasteiger partial charge in [0.1, 0.15) is 11.6 Å². The zero-order chi connectivity index (χ0) is 18.9. The lowest BCUT2D eigenvalue weighted by atomic mass is 10.1. The minimum absolute atomic E-state index is 0.402. The first-order valence-corrected chi connectivity index (χ1v) is 9.68. The summed E-state index contributed by atoms with van der Waals surface area (Å²) in [6.07, 6.45) is 1.37. The fourth-order valence-corrected chi connectivity index (χ4v) is 3.11. The van der Waals surface area contributed by atoms with Crippen molar-refractivity contribution in [2.75, 3.05) is 5.75 Å². The van der Waals surface area contributed by atoms with Crippen LogP contribution in [0, 0.1) is 6.92 Å². The van der Waals surface area contributed by atoms with Crippen LogP contribution < -0.4 is 5.32 Å². The molecule has 2 N–H and O–H groups in total. The molecule has 0 radical (unpaired) electrons. The van der Waals surface area contributed by atoms with E-state index in [1.807, 2.05) is 11.8 Å². The molecule has 1 aromatic carbocycles. The summed E-state index contributed by atoms with van der Waals surface area (Å²) in [6, 6.07) is 7.57. The van der Waals surface area contributed by atoms with Crippen LogP contribution in [0.1, 0.15) is 51.2 Å². The molecule has 5 nitrogen and oxygen atoms in total. The molecule has 0 aliphatic heterocycles. The predicted molar refractivity (Wildman–Crippen MR) is 102 cm³/mol. The van der Waals surface area contributed by atoms with E-state index in [2.05, 4.69) is 36.5 Å². The number of aliphatic carboxylic acids is 1. The SMILES string of the molecule is Cc1ccc(CSCCCC[C@H](NC(=O)OC(C)(C)C)C(=O)O)cc1. The van der Waals surface area contributed by atoms with Crippen LogP contribution in [0.2, 0.25) is 0 Å². The van der Waals surface area contributed by atoms with Gasteiger partial charge in [-0.15, -0.1) is 0 Å². The second kappa shape index (κ2) is 10.3. The predicted octanol–water partition coefficient (Wildman–Crippen LogP) is 4.38. The topological polar surface area (TPSA) is 75.6 Å². The molecule has 1 atom stereocenters. The molecular formula is C19H29NO4S. The number of hydrogen-bond donors (Lipinski definition) is 2. The lowest BCUT2D eigenvalue weighted by molar-refractivity contribution is -0.139. The molecule has 6 heteroatoms. The van der Waals surface area contributed by atoms with E-state index in [1.165, 1.54) is 11.1 Å². The van der Waals surface area contributed by atoms with Crippen LogP contribution in [-0.4, -0.2) is 34.6 Å². The van der Waals surface area contributed by atoms with Gasteiger partial charge in [-0.25, -0.2) is 9.59 Å². The summed E-state index contributed by atoms with van der Waals surface area (Å²) in [4.78, 5) is 22.9. The smallest absolute Gasteiger partial charge is 0.408 e. The Hall–Kier alpha value is -1.69. The second-order valence-corrected chi connectivity index (χ2v) is 8.18. The van der Waals surface area contributed by atoms with Crippen molar-refractivity contribution < 1.29 is 19.4 Å². The number of hydrogen-bond acceptors (Lipinski definition) is 4. The van der Waals surface area contributed by atoms with Crippen LogP contribution in [0.5, 0.6) is 0 Å². The van der Waals surface area contributed by atoms with Gasteiger partial charge in [-0.05, 0) is 58.3 Å². The second-order valence-electron chi connectivity index (χ2n) is 7.07. The fourth-order valence-electron chi connectivity index (χ4n) is 2.13. The van der Waals surface area contributed by atoms with Gasteiger partial charge in [-0.1, -0.05) is 29.8 Å². The molecule has 0 spiro atoms. The van der Waals surface area contributed by atoms with Crippen molar-refractivity contribution in [1.29, 1.82) is 0 Å². The Labute approximate surface area is 154 Å². The summed E-state index contributed by atoms with van der Waals surface area (Å²) in [6.45, 7) is 7.30. The van der Waals surface area contributed by atoms with E-state index in [4.69, 9.17) is 4.74 Å². The molecule has 0 aliphatic rings. The molecule has 1 amide bonds. The highest BCUT2D eigenvalue weighted by atomic mass is 32.2. The number of ether oxygens (including phenoxy) is 1. The summed E-state index contributed by atoms with van der Waals surface area (Å²) in [7, 11) is 0. The Bertz CT molecular complexity index is 552. The van der Waals surface area contributed by atoms with Crippen LogP contribution >= 0.6 is 11.8 Å². The quantitative estimate of drug-likeness (QED) is 0.634. The van der Waals surface area contributed by atoms with Gasteiger partial charge in [-0.2, -0.15) is 11.8 Å². The number of benzene rings is 1. The molecule has 1 rings (SSSR count). The summed E-state index contributed by atoms with van der Waals surface area (Å²) < 4.78 is 5.10. The minimum Gasteiger partial charge on any atom is -0.480 e. The third-order valence-electron chi connectivity index (χ3n) is 3.41. The summed E-state index contributed by atoms with van der Waals surface area (Å²) in [5.41, 5.74) is 1.91. The van der Waals surface area contributed by atoms with Crippen LogP contribution in [-0.2, 0) is 15.3 Å². The number of rotatable bonds is 9. The number of unbranched alkanes of at least 4 members (excludes halogenated alkanes) is 1. The average molecular weight is 368 g/mol. The van der Waals surface area contributed by atoms with E-state index in [0.717, 1.165) is 24.3 Å². The number of thioether (sulfide) groups is 1. The number of amides is 1. The number of carbonyl (C=O) groups is 2. The number of aryl methyl sites for hydroxylation is 1. The van der Waals surface area contributed by atoms with Crippen molar-refractivity contribution in [3.63, 3.8) is 0 Å². The van der Waals surface area contributed by atoms with Crippen molar-refractivity contribution >= 4 is 23.8 Å². The van der Waals surface area contributed by atoms with E-state index in [9.17, 15) is 14.7 Å². The van der Waals surface area contributed by atoms with Crippen molar-refractivity contribution in [3.05, 3.63) is 35.4 Å². The molecule has 0 bridgehead atoms. The minimum atomic E-state index is -1.03. The maximum Gasteiger partial charge on any atom is 0.408 e. The fraction of sp³-hybridized carbons (Fsp3) is 0.579. The van der Waals surface area contributed by atoms with E-state index in [0.29, 0.717) is 6.42 Å². The average Bonchev–Trinajstić information content (AvgIpc) is 2.49. The van der Waals surface area contributed by atoms with E-state index in [-0.39, 0.29) is 0 Å². The summed E-state index contributed by atoms with van der Waals surface area (Å²) in [5.74, 6) is 0.893. The van der Waals surface area contributed by atoms with Crippen molar-refractivity contribution in [2.24, 2.45) is 0 Å². The van der Waals surface area contributed by atoms with Gasteiger partial charge in [0.25, 0.3) is 0 Å². The van der Waals surface area contributed by atoms with Crippen LogP contribution in [0.4, 0.5) is 4.79 Å². The van der Waals surface area contributed by atoms with Gasteiger partial charge >= 0.3 is 12.1 Å². The molecule has 0 aromatic heterocycles. The maximum atomic E-state index is 11.7. The highest BCUT2D eigenvalue weighted by Gasteiger charge is 2.23. The van der Waals surface area contributed by atoms with Gasteiger partial charge < -0.3 is 15.2 Å². The first-order chi connectivity index (χ1) is 11.7. The molecule has 25 heavy (non-hydrogen) atoms. The highest BCUT2D eigenvalue weighted by Crippen LogP contribution is 2.15. The van der Waals surface area contributed by atoms with Crippen molar-refractivity contribution in [3.8, 4) is 0 Å². The van der Waals surface area contributed by atoms with Crippen LogP contribution in [0.25, 0.3) is 0 Å². The zero-order valence-corrected chi connectivity index (χ0v) is 16.3. The molecular weight excluding hydrogens is 338 g/mol. The van der Waals surface area contributed by atoms with Crippen LogP contribution in [0.3, 0.4) is 0 Å². The first-order valence-electron chi connectivity index (χ1n) is 8.53. The van der Waals surface area contributed by atoms with Gasteiger partial charge in [-0.3, -0.25) is 0 Å². The Morgan fingerprint density at radius 1 is 1.20 bits per heavy atom. The Kier molecular flexibility index (Phi) is 8.83. The number of carboxylic acid groups (broad SMARTS) is 1. The highest BCUT2D eigenvalue weighted by molar-refractivity contribution is 7.98. The molecule has 0 fully saturated rings. The van der Waals surface area contributed by atoms with Crippen LogP contribution in [0.15, 0.2) is 24.3 Å². The summed E-state index contributed by atoms with van der Waals surface area (Å²) >= 11 is 1.83. The lowest BCUT2D eigenvalue weighted by Crippen LogP contribution is -2.43. The van der Waals surface area contributed by atoms with Gasteiger partial charge in [0.05, 0.1) is 0 Å². The Morgan fingerprint density at radius 2 is 1.84 bits per heavy atom. The maximum absolute atomic E-state index is 11.7. The van der Waals surface area contributed by atoms with Gasteiger partial charge in [0.15, 0.2) is 0 Å². The van der Waals surface area contributed by atoms with E-state index in [1.54, 1.807) is 20.8 Å². The zero-order valence-electron chi connectivity index (χ0n) is 15.5. The Balaban J connectivity index is 2.23. The molecule has 0 heterocycles. The van der Waals surface area contributed by atoms with E-state index < -0.39 is 23.7 Å². The molecule has 0 saturated carbocycles. The molecule has 0 aliphatic carbocycles. The first kappa shape index (κ1) is 21.4. The van der Waals surface area contributed by atoms with Gasteiger partial charge in [0, 0.05) is 5.75 Å². The number of alkyl carbamates (subject to hydrolysis) is 1. The summed E-state index contributed by atoms with van der Waals surface area (Å²) in [5, 5.41) is 11.6. The standard InChI is InChI=1S/C19H29NO4S/c1-14-8-10-15(11-9-14)13-25-12-6-5-7-16(17(21)22)20-18(23)24-19(2,3)4/h8-11,16H,5-7,12-13H2,1-4H3,(H,20,23)(H,21,22)/t16-/m0/s1. The van der Waals surface area contributed by atoms with Crippen molar-refractivity contribution in [1.82, 2.24) is 5.32 Å². The molecule has 140 valence electrons. The Morgan fingerprint density at radius 3 is 2.40 bits per heavy atom. The molecule has 0 saturated heterocycles. The van der Waals surface area contributed by atoms with E-state index >= 15 is 0 Å². The molecule has 1 aromatic rings. The lowest BCUT2D eigenvalue weighted by Gasteiger charge is -2.22. The monoisotopic (exact) mass is 367 g/mol. The number of carbonyl (C=O) groups excluding carboxylic acids is 1. The van der Waals surface area contributed by atoms with Crippen molar-refractivity contribution in [2.45, 2.75) is 64.4 Å². The van der Waals surface area contributed by atoms with Gasteiger partial charge in [0.2, 0.25) is 0 Å². The number of carboxylic acids is 1. The molecule has 0 unspecified atom stereocenters. The third kappa shape index (κ3) is 10.0. The normalized spacial score (nSPS) is 12.5. The largest absolute Gasteiger partial charge is 0.480 e. The number of nitrogens with one attached hydrogen (secondary N) is 1.